The summed E-state index contributed by atoms with van der Waals surface area (Å²) in [5.41, 5.74) is 4.05. The monoisotopic (exact) mass is 371 g/mol. The van der Waals surface area contributed by atoms with Crippen LogP contribution in [0.3, 0.4) is 0 Å². The van der Waals surface area contributed by atoms with Crippen molar-refractivity contribution in [3.8, 4) is 11.1 Å². The maximum absolute atomic E-state index is 14.6. The summed E-state index contributed by atoms with van der Waals surface area (Å²) in [6.07, 6.45) is 2.58. The van der Waals surface area contributed by atoms with Gasteiger partial charge >= 0.3 is 5.97 Å². The van der Waals surface area contributed by atoms with E-state index in [0.29, 0.717) is 12.0 Å². The number of halogens is 1. The summed E-state index contributed by atoms with van der Waals surface area (Å²) in [7, 11) is 0. The molecule has 2 aromatic rings. The van der Waals surface area contributed by atoms with Crippen LogP contribution in [0.4, 0.5) is 4.39 Å². The van der Waals surface area contributed by atoms with E-state index >= 15 is 0 Å². The maximum Gasteiger partial charge on any atom is 0.356 e. The Balaban J connectivity index is 0.00000102. The Morgan fingerprint density at radius 1 is 1.26 bits per heavy atom. The second-order valence-electron chi connectivity index (χ2n) is 6.65. The van der Waals surface area contributed by atoms with Gasteiger partial charge in [0.05, 0.1) is 18.4 Å². The van der Waals surface area contributed by atoms with Gasteiger partial charge in [-0.3, -0.25) is 0 Å². The van der Waals surface area contributed by atoms with Crippen molar-refractivity contribution in [1.29, 1.82) is 0 Å². The third-order valence-electron chi connectivity index (χ3n) is 4.90. The number of pyridine rings is 1. The van der Waals surface area contributed by atoms with Gasteiger partial charge in [-0.25, -0.2) is 14.2 Å². The van der Waals surface area contributed by atoms with Crippen LogP contribution in [0.2, 0.25) is 0 Å². The molecule has 1 fully saturated rings. The number of benzene rings is 1. The second-order valence-corrected chi connectivity index (χ2v) is 6.65. The molecule has 2 aliphatic rings. The number of carbonyl (C=O) groups is 1. The molecule has 0 saturated carbocycles. The van der Waals surface area contributed by atoms with Gasteiger partial charge in [0, 0.05) is 12.0 Å². The first-order valence-electron chi connectivity index (χ1n) is 9.69. The van der Waals surface area contributed by atoms with E-state index in [1.54, 1.807) is 19.1 Å². The van der Waals surface area contributed by atoms with Crippen molar-refractivity contribution < 1.29 is 18.7 Å². The standard InChI is InChI=1S/C20H20FNO3.C2H6/c1-3-24-20(23)17-10-14(13-6-4-11(2)8-16(13)21)15-9-12-5-7-18(25-12)19(15)22-17;1-2/h4,6,8,10,12,18H,3,5,7,9H2,1-2H3;1-2H3. The van der Waals surface area contributed by atoms with E-state index in [1.165, 1.54) is 6.07 Å². The highest BCUT2D eigenvalue weighted by atomic mass is 19.1. The van der Waals surface area contributed by atoms with Crippen LogP contribution in [0.5, 0.6) is 0 Å². The first kappa shape index (κ1) is 19.5. The molecular formula is C22H26FNO3. The first-order valence-corrected chi connectivity index (χ1v) is 9.69. The SMILES string of the molecule is CC.CCOC(=O)c1cc(-c2ccc(C)cc2F)c2c(n1)C1CCC(C2)O1. The number of fused-ring (bicyclic) bond motifs is 4. The van der Waals surface area contributed by atoms with E-state index in [0.717, 1.165) is 35.2 Å². The highest BCUT2D eigenvalue weighted by Crippen LogP contribution is 2.44. The minimum absolute atomic E-state index is 0.115. The van der Waals surface area contributed by atoms with E-state index in [2.05, 4.69) is 4.98 Å². The Morgan fingerprint density at radius 3 is 2.74 bits per heavy atom. The van der Waals surface area contributed by atoms with Gasteiger partial charge in [-0.1, -0.05) is 26.0 Å². The summed E-state index contributed by atoms with van der Waals surface area (Å²) in [5.74, 6) is -0.777. The Labute approximate surface area is 159 Å². The van der Waals surface area contributed by atoms with Gasteiger partial charge in [0.25, 0.3) is 0 Å². The number of aryl methyl sites for hydroxylation is 1. The number of carbonyl (C=O) groups excluding carboxylic acids is 1. The molecule has 0 aliphatic carbocycles. The van der Waals surface area contributed by atoms with Gasteiger partial charge in [0.1, 0.15) is 17.6 Å². The van der Waals surface area contributed by atoms with Crippen molar-refractivity contribution in [3.05, 3.63) is 52.6 Å². The fourth-order valence-electron chi connectivity index (χ4n) is 3.75. The van der Waals surface area contributed by atoms with Crippen LogP contribution in [0.15, 0.2) is 24.3 Å². The molecule has 1 aromatic heterocycles. The zero-order valence-corrected chi connectivity index (χ0v) is 16.3. The molecule has 5 heteroatoms. The number of esters is 1. The molecule has 27 heavy (non-hydrogen) atoms. The third-order valence-corrected chi connectivity index (χ3v) is 4.90. The predicted octanol–water partition coefficient (Wildman–Crippen LogP) is 5.18. The molecule has 0 N–H and O–H groups in total. The van der Waals surface area contributed by atoms with Crippen LogP contribution in [0, 0.1) is 12.7 Å². The van der Waals surface area contributed by atoms with Crippen molar-refractivity contribution in [2.45, 2.75) is 59.2 Å². The molecule has 3 heterocycles. The van der Waals surface area contributed by atoms with Crippen LogP contribution in [-0.4, -0.2) is 23.7 Å². The summed E-state index contributed by atoms with van der Waals surface area (Å²) < 4.78 is 25.7. The highest BCUT2D eigenvalue weighted by molar-refractivity contribution is 5.89. The van der Waals surface area contributed by atoms with Gasteiger partial charge in [0.15, 0.2) is 0 Å². The average molecular weight is 371 g/mol. The Bertz CT molecular complexity index is 850. The lowest BCUT2D eigenvalue weighted by atomic mass is 9.92. The van der Waals surface area contributed by atoms with Gasteiger partial charge < -0.3 is 9.47 Å². The van der Waals surface area contributed by atoms with Crippen LogP contribution in [-0.2, 0) is 15.9 Å². The number of hydrogen-bond donors (Lipinski definition) is 0. The molecular weight excluding hydrogens is 345 g/mol. The molecule has 144 valence electrons. The Hall–Kier alpha value is -2.27. The van der Waals surface area contributed by atoms with E-state index in [1.807, 2.05) is 26.8 Å². The minimum atomic E-state index is -0.487. The van der Waals surface area contributed by atoms with Crippen molar-refractivity contribution >= 4 is 5.97 Å². The summed E-state index contributed by atoms with van der Waals surface area (Å²) in [4.78, 5) is 16.8. The van der Waals surface area contributed by atoms with Gasteiger partial charge in [-0.2, -0.15) is 0 Å². The quantitative estimate of drug-likeness (QED) is 0.698. The van der Waals surface area contributed by atoms with Crippen LogP contribution >= 0.6 is 0 Å². The highest BCUT2D eigenvalue weighted by Gasteiger charge is 2.37. The van der Waals surface area contributed by atoms with Crippen molar-refractivity contribution in [2.24, 2.45) is 0 Å². The zero-order chi connectivity index (χ0) is 19.6. The van der Waals surface area contributed by atoms with Crippen molar-refractivity contribution in [3.63, 3.8) is 0 Å². The number of rotatable bonds is 3. The number of hydrogen-bond acceptors (Lipinski definition) is 4. The van der Waals surface area contributed by atoms with Crippen molar-refractivity contribution in [2.75, 3.05) is 6.61 Å². The lowest BCUT2D eigenvalue weighted by Crippen LogP contribution is -2.22. The molecule has 2 bridgehead atoms. The second kappa shape index (κ2) is 8.17. The maximum atomic E-state index is 14.6. The average Bonchev–Trinajstić information content (AvgIpc) is 3.05. The zero-order valence-electron chi connectivity index (χ0n) is 16.3. The first-order chi connectivity index (χ1) is 13.1. The molecule has 1 saturated heterocycles. The van der Waals surface area contributed by atoms with E-state index in [-0.39, 0.29) is 30.3 Å². The van der Waals surface area contributed by atoms with Gasteiger partial charge in [-0.15, -0.1) is 0 Å². The fourth-order valence-corrected chi connectivity index (χ4v) is 3.75. The summed E-state index contributed by atoms with van der Waals surface area (Å²) in [6.45, 7) is 7.88. The topological polar surface area (TPSA) is 48.4 Å². The molecule has 4 rings (SSSR count). The molecule has 0 spiro atoms. The van der Waals surface area contributed by atoms with Gasteiger partial charge in [0.2, 0.25) is 0 Å². The van der Waals surface area contributed by atoms with E-state index in [4.69, 9.17) is 9.47 Å². The lowest BCUT2D eigenvalue weighted by molar-refractivity contribution is 0.0291. The minimum Gasteiger partial charge on any atom is -0.461 e. The summed E-state index contributed by atoms with van der Waals surface area (Å²) in [5, 5.41) is 0. The fraction of sp³-hybridized carbons (Fsp3) is 0.455. The predicted molar refractivity (Wildman–Crippen MR) is 102 cm³/mol. The van der Waals surface area contributed by atoms with E-state index in [9.17, 15) is 9.18 Å². The molecule has 0 radical (unpaired) electrons. The van der Waals surface area contributed by atoms with Crippen molar-refractivity contribution in [1.82, 2.24) is 4.98 Å². The molecule has 2 atom stereocenters. The number of ether oxygens (including phenoxy) is 2. The molecule has 2 aliphatic heterocycles. The molecule has 1 aromatic carbocycles. The third kappa shape index (κ3) is 3.74. The summed E-state index contributed by atoms with van der Waals surface area (Å²) >= 11 is 0. The van der Waals surface area contributed by atoms with Crippen LogP contribution in [0.25, 0.3) is 11.1 Å². The normalized spacial score (nSPS) is 19.7. The Kier molecular flexibility index (Phi) is 5.90. The van der Waals surface area contributed by atoms with Crippen LogP contribution < -0.4 is 0 Å². The summed E-state index contributed by atoms with van der Waals surface area (Å²) in [6, 6.07) is 6.82. The van der Waals surface area contributed by atoms with Crippen LogP contribution in [0.1, 0.15) is 67.0 Å². The van der Waals surface area contributed by atoms with Gasteiger partial charge in [-0.05, 0) is 55.5 Å². The largest absolute Gasteiger partial charge is 0.461 e. The lowest BCUT2D eigenvalue weighted by Gasteiger charge is -2.26. The molecule has 0 amide bonds. The molecule has 4 nitrogen and oxygen atoms in total. The number of aromatic nitrogens is 1. The molecule has 2 unspecified atom stereocenters. The number of nitrogens with zero attached hydrogens (tertiary/aromatic N) is 1. The smallest absolute Gasteiger partial charge is 0.356 e. The van der Waals surface area contributed by atoms with E-state index < -0.39 is 5.97 Å². The Morgan fingerprint density at radius 2 is 2.04 bits per heavy atom.